The van der Waals surface area contributed by atoms with Gasteiger partial charge in [0, 0.05) is 11.9 Å². The van der Waals surface area contributed by atoms with Crippen molar-refractivity contribution in [3.05, 3.63) is 92.5 Å². The first-order chi connectivity index (χ1) is 15.8. The molecular formula is C20H15ClFN3O4. The molecule has 0 spiro atoms. The standard InChI is InChI=1S/C20H15ClFN3O4/c1-12(26)29-11-19-23(27)9-14-10-24(28)20(15-4-2-3-5-17(15)22)16-8-13(21)6-7-18(16)25(14)19/h2-9H,10-11H2,1H3/i9D,10D2,11D2. The van der Waals surface area contributed by atoms with Crippen LogP contribution >= 0.6 is 11.6 Å². The number of nitrogens with zero attached hydrogens (tertiary/aromatic N) is 3. The molecule has 0 atom stereocenters. The van der Waals surface area contributed by atoms with E-state index in [1.54, 1.807) is 0 Å². The van der Waals surface area contributed by atoms with Gasteiger partial charge in [-0.25, -0.2) is 9.12 Å². The number of hydroxylamine groups is 1. The number of hydrogen-bond donors (Lipinski definition) is 0. The second kappa shape index (κ2) is 7.21. The van der Waals surface area contributed by atoms with E-state index in [-0.39, 0.29) is 31.3 Å². The molecule has 0 bridgehead atoms. The Morgan fingerprint density at radius 3 is 2.86 bits per heavy atom. The van der Waals surface area contributed by atoms with Crippen molar-refractivity contribution in [2.24, 2.45) is 0 Å². The Bertz CT molecular complexity index is 1390. The Morgan fingerprint density at radius 2 is 2.14 bits per heavy atom. The van der Waals surface area contributed by atoms with Crippen molar-refractivity contribution in [3.63, 3.8) is 0 Å². The highest BCUT2D eigenvalue weighted by molar-refractivity contribution is 6.31. The molecule has 0 N–H and O–H groups in total. The maximum Gasteiger partial charge on any atom is 0.303 e. The molecular weight excluding hydrogens is 401 g/mol. The van der Waals surface area contributed by atoms with Gasteiger partial charge in [-0.15, -0.1) is 0 Å². The van der Waals surface area contributed by atoms with Gasteiger partial charge < -0.3 is 15.2 Å². The van der Waals surface area contributed by atoms with Crippen LogP contribution in [0.15, 0.2) is 48.6 Å². The summed E-state index contributed by atoms with van der Waals surface area (Å²) in [5, 5.41) is 26.4. The first-order valence-electron chi connectivity index (χ1n) is 10.7. The molecule has 3 aromatic rings. The predicted molar refractivity (Wildman–Crippen MR) is 102 cm³/mol. The maximum atomic E-state index is 14.8. The fraction of sp³-hybridized carbons (Fsp3) is 0.150. The molecule has 0 saturated heterocycles. The molecule has 2 heterocycles. The fourth-order valence-corrected chi connectivity index (χ4v) is 3.14. The lowest BCUT2D eigenvalue weighted by molar-refractivity contribution is -0.616. The molecule has 1 aliphatic rings. The molecule has 0 unspecified atom stereocenters. The Kier molecular flexibility index (Phi) is 3.42. The largest absolute Gasteiger partial charge is 0.711 e. The Morgan fingerprint density at radius 1 is 1.38 bits per heavy atom. The average molecular weight is 421 g/mol. The van der Waals surface area contributed by atoms with E-state index in [9.17, 15) is 19.6 Å². The van der Waals surface area contributed by atoms with Gasteiger partial charge in [-0.1, -0.05) is 23.7 Å². The molecule has 0 aliphatic carbocycles. The summed E-state index contributed by atoms with van der Waals surface area (Å²) < 4.78 is 61.2. The van der Waals surface area contributed by atoms with Gasteiger partial charge in [-0.2, -0.15) is 9.31 Å². The van der Waals surface area contributed by atoms with Crippen LogP contribution in [0.5, 0.6) is 0 Å². The minimum absolute atomic E-state index is 0.0720. The smallest absolute Gasteiger partial charge is 0.303 e. The summed E-state index contributed by atoms with van der Waals surface area (Å²) in [5.74, 6) is -2.94. The summed E-state index contributed by atoms with van der Waals surface area (Å²) in [6, 6.07) is 8.90. The van der Waals surface area contributed by atoms with E-state index in [4.69, 9.17) is 18.5 Å². The first-order valence-corrected chi connectivity index (χ1v) is 8.61. The van der Waals surface area contributed by atoms with Gasteiger partial charge >= 0.3 is 11.8 Å². The van der Waals surface area contributed by atoms with Gasteiger partial charge in [0.1, 0.15) is 21.8 Å². The predicted octanol–water partition coefficient (Wildman–Crippen LogP) is 2.83. The normalized spacial score (nSPS) is 17.7. The number of ether oxygens (including phenoxy) is 1. The summed E-state index contributed by atoms with van der Waals surface area (Å²) in [6.07, 6.45) is -1.10. The monoisotopic (exact) mass is 420 g/mol. The van der Waals surface area contributed by atoms with Gasteiger partial charge in [0.05, 0.1) is 13.9 Å². The molecule has 1 aromatic heterocycles. The quantitative estimate of drug-likeness (QED) is 0.370. The highest BCUT2D eigenvalue weighted by atomic mass is 35.5. The lowest BCUT2D eigenvalue weighted by atomic mass is 10.00. The molecule has 0 saturated carbocycles. The minimum Gasteiger partial charge on any atom is -0.711 e. The number of benzene rings is 2. The lowest BCUT2D eigenvalue weighted by Crippen LogP contribution is -2.31. The van der Waals surface area contributed by atoms with Crippen molar-refractivity contribution in [3.8, 4) is 5.69 Å². The van der Waals surface area contributed by atoms with Crippen LogP contribution in [0.1, 0.15) is 36.4 Å². The third-order valence-electron chi connectivity index (χ3n) is 4.12. The Labute approximate surface area is 177 Å². The van der Waals surface area contributed by atoms with Crippen molar-refractivity contribution in [2.75, 3.05) is 0 Å². The number of carbonyl (C=O) groups excluding carboxylic acids is 1. The third kappa shape index (κ3) is 3.31. The van der Waals surface area contributed by atoms with E-state index in [1.165, 1.54) is 36.4 Å². The summed E-state index contributed by atoms with van der Waals surface area (Å²) in [7, 11) is 0. The van der Waals surface area contributed by atoms with E-state index in [1.807, 2.05) is 0 Å². The molecule has 7 nitrogen and oxygen atoms in total. The van der Waals surface area contributed by atoms with Crippen molar-refractivity contribution >= 4 is 23.3 Å². The number of esters is 1. The Balaban J connectivity index is 2.21. The van der Waals surface area contributed by atoms with Crippen LogP contribution in [0.3, 0.4) is 0 Å². The van der Waals surface area contributed by atoms with Crippen molar-refractivity contribution in [1.29, 1.82) is 0 Å². The molecule has 0 amide bonds. The van der Waals surface area contributed by atoms with Gasteiger partial charge in [0.15, 0.2) is 6.56 Å². The number of carbonyl (C=O) groups is 1. The highest BCUT2D eigenvalue weighted by Crippen LogP contribution is 2.29. The van der Waals surface area contributed by atoms with Gasteiger partial charge in [-0.3, -0.25) is 4.79 Å². The van der Waals surface area contributed by atoms with E-state index in [2.05, 4.69) is 4.74 Å². The van der Waals surface area contributed by atoms with Crippen LogP contribution in [0, 0.1) is 16.2 Å². The summed E-state index contributed by atoms with van der Waals surface area (Å²) in [4.78, 5) is 11.5. The molecule has 29 heavy (non-hydrogen) atoms. The van der Waals surface area contributed by atoms with Gasteiger partial charge in [-0.05, 0) is 30.3 Å². The SMILES string of the molecule is [2H]c1c2n(c(C([2H])([2H])OC(C)=O)[n+]1[O-])-c1ccc(Cl)cc1C(c1ccccc1F)=[N+]([O-])C2([2H])[2H]. The minimum atomic E-state index is -3.17. The number of hydrogen-bond acceptors (Lipinski definition) is 4. The zero-order valence-electron chi connectivity index (χ0n) is 19.8. The molecule has 2 aromatic carbocycles. The van der Waals surface area contributed by atoms with Crippen molar-refractivity contribution < 1.29 is 30.2 Å². The average Bonchev–Trinajstić information content (AvgIpc) is 2.97. The van der Waals surface area contributed by atoms with Crippen LogP contribution < -0.4 is 4.73 Å². The lowest BCUT2D eigenvalue weighted by Gasteiger charge is -2.11. The summed E-state index contributed by atoms with van der Waals surface area (Å²) in [5.41, 5.74) is -1.94. The second-order valence-corrected chi connectivity index (χ2v) is 6.44. The number of aromatic nitrogens is 2. The van der Waals surface area contributed by atoms with Crippen LogP contribution in [0.25, 0.3) is 5.69 Å². The third-order valence-corrected chi connectivity index (χ3v) is 4.35. The van der Waals surface area contributed by atoms with Crippen molar-refractivity contribution in [1.82, 2.24) is 4.57 Å². The van der Waals surface area contributed by atoms with Crippen LogP contribution in [-0.2, 0) is 22.6 Å². The van der Waals surface area contributed by atoms with Crippen molar-refractivity contribution in [2.45, 2.75) is 20.0 Å². The molecule has 0 radical (unpaired) electrons. The second-order valence-electron chi connectivity index (χ2n) is 6.01. The maximum absolute atomic E-state index is 14.8. The van der Waals surface area contributed by atoms with E-state index >= 15 is 0 Å². The summed E-state index contributed by atoms with van der Waals surface area (Å²) >= 11 is 6.13. The molecule has 9 heteroatoms. The topological polar surface area (TPSA) is 84.2 Å². The molecule has 148 valence electrons. The van der Waals surface area contributed by atoms with Crippen LogP contribution in [0.4, 0.5) is 4.39 Å². The van der Waals surface area contributed by atoms with E-state index < -0.39 is 48.2 Å². The molecule has 1 aliphatic heterocycles. The molecule has 0 fully saturated rings. The first kappa shape index (κ1) is 13.7. The number of halogens is 2. The van der Waals surface area contributed by atoms with Gasteiger partial charge in [0.25, 0.3) is 0 Å². The van der Waals surface area contributed by atoms with E-state index in [0.717, 1.165) is 13.0 Å². The fourth-order valence-electron chi connectivity index (χ4n) is 2.97. The number of fused-ring (bicyclic) bond motifs is 3. The Hall–Kier alpha value is -3.39. The number of rotatable bonds is 3. The van der Waals surface area contributed by atoms with E-state index in [0.29, 0.717) is 4.57 Å². The van der Waals surface area contributed by atoms with Crippen LogP contribution in [0.2, 0.25) is 5.02 Å². The summed E-state index contributed by atoms with van der Waals surface area (Å²) in [6.45, 7) is -5.40. The molecule has 4 rings (SSSR count). The zero-order valence-corrected chi connectivity index (χ0v) is 15.5. The van der Waals surface area contributed by atoms with Gasteiger partial charge in [0.2, 0.25) is 17.9 Å². The van der Waals surface area contributed by atoms with Crippen LogP contribution in [-0.4, -0.2) is 21.0 Å². The highest BCUT2D eigenvalue weighted by Gasteiger charge is 2.35. The number of imidazole rings is 1. The zero-order chi connectivity index (χ0) is 25.2.